The molecule has 0 bridgehead atoms. The summed E-state index contributed by atoms with van der Waals surface area (Å²) in [7, 11) is 0. The van der Waals surface area contributed by atoms with E-state index in [0.717, 1.165) is 57.3 Å². The van der Waals surface area contributed by atoms with Gasteiger partial charge in [0.25, 0.3) is 0 Å². The van der Waals surface area contributed by atoms with E-state index in [1.165, 1.54) is 0 Å². The highest BCUT2D eigenvalue weighted by molar-refractivity contribution is 7.10. The molecule has 4 rings (SSSR count). The van der Waals surface area contributed by atoms with E-state index in [9.17, 15) is 4.79 Å². The number of carbonyl (C=O) groups is 1. The molecule has 0 aromatic carbocycles. The van der Waals surface area contributed by atoms with Crippen molar-refractivity contribution in [2.75, 3.05) is 46.0 Å². The van der Waals surface area contributed by atoms with E-state index in [1.54, 1.807) is 11.3 Å². The molecule has 1 amide bonds. The van der Waals surface area contributed by atoms with Gasteiger partial charge < -0.3 is 14.4 Å². The van der Waals surface area contributed by atoms with Gasteiger partial charge in [-0.2, -0.15) is 0 Å². The average molecular weight is 322 g/mol. The molecule has 3 aliphatic heterocycles. The third-order valence-corrected chi connectivity index (χ3v) is 5.84. The third kappa shape index (κ3) is 2.80. The third-order valence-electron chi connectivity index (χ3n) is 4.97. The molecule has 1 spiro atoms. The van der Waals surface area contributed by atoms with E-state index >= 15 is 0 Å². The molecular formula is C16H22N2O3S. The predicted molar refractivity (Wildman–Crippen MR) is 84.1 cm³/mol. The topological polar surface area (TPSA) is 42.0 Å². The molecular weight excluding hydrogens is 300 g/mol. The van der Waals surface area contributed by atoms with Gasteiger partial charge in [0.1, 0.15) is 5.60 Å². The van der Waals surface area contributed by atoms with Crippen LogP contribution in [0.2, 0.25) is 0 Å². The van der Waals surface area contributed by atoms with E-state index in [2.05, 4.69) is 4.90 Å². The number of hydrogen-bond donors (Lipinski definition) is 0. The number of ether oxygens (including phenoxy) is 2. The fraction of sp³-hybridized carbons (Fsp3) is 0.688. The number of nitrogens with zero attached hydrogens (tertiary/aromatic N) is 2. The van der Waals surface area contributed by atoms with Crippen LogP contribution in [-0.2, 0) is 20.7 Å². The summed E-state index contributed by atoms with van der Waals surface area (Å²) in [5.41, 5.74) is -0.0753. The Morgan fingerprint density at radius 2 is 2.18 bits per heavy atom. The van der Waals surface area contributed by atoms with E-state index in [0.29, 0.717) is 12.5 Å². The zero-order chi connectivity index (χ0) is 15.0. The van der Waals surface area contributed by atoms with Crippen molar-refractivity contribution in [3.8, 4) is 0 Å². The second kappa shape index (κ2) is 5.92. The SMILES string of the molecule is O=C(Cc1cccs1)N1CC2(CC(N3CCOCC3)CO2)C1. The minimum atomic E-state index is -0.0753. The first-order chi connectivity index (χ1) is 10.7. The van der Waals surface area contributed by atoms with E-state index < -0.39 is 0 Å². The van der Waals surface area contributed by atoms with Crippen LogP contribution in [0.3, 0.4) is 0 Å². The molecule has 3 saturated heterocycles. The van der Waals surface area contributed by atoms with Gasteiger partial charge in [0.2, 0.25) is 5.91 Å². The van der Waals surface area contributed by atoms with Crippen LogP contribution in [-0.4, -0.2) is 73.3 Å². The Balaban J connectivity index is 1.28. The number of rotatable bonds is 3. The van der Waals surface area contributed by atoms with Crippen LogP contribution in [0.25, 0.3) is 0 Å². The molecule has 120 valence electrons. The van der Waals surface area contributed by atoms with Crippen LogP contribution in [0.1, 0.15) is 11.3 Å². The summed E-state index contributed by atoms with van der Waals surface area (Å²) in [6.45, 7) is 5.99. The lowest BCUT2D eigenvalue weighted by Gasteiger charge is -2.47. The zero-order valence-electron chi connectivity index (χ0n) is 12.7. The number of carbonyl (C=O) groups excluding carboxylic acids is 1. The number of morpholine rings is 1. The first-order valence-electron chi connectivity index (χ1n) is 8.00. The fourth-order valence-electron chi connectivity index (χ4n) is 3.72. The maximum atomic E-state index is 12.3. The minimum Gasteiger partial charge on any atom is -0.379 e. The minimum absolute atomic E-state index is 0.0753. The predicted octanol–water partition coefficient (Wildman–Crippen LogP) is 0.993. The van der Waals surface area contributed by atoms with Gasteiger partial charge >= 0.3 is 0 Å². The average Bonchev–Trinajstić information content (AvgIpc) is 3.15. The first-order valence-corrected chi connectivity index (χ1v) is 8.88. The molecule has 1 aromatic rings. The molecule has 1 unspecified atom stereocenters. The molecule has 0 N–H and O–H groups in total. The maximum absolute atomic E-state index is 12.3. The van der Waals surface area contributed by atoms with Crippen molar-refractivity contribution >= 4 is 17.2 Å². The summed E-state index contributed by atoms with van der Waals surface area (Å²) in [6, 6.07) is 4.52. The molecule has 4 heterocycles. The van der Waals surface area contributed by atoms with E-state index in [4.69, 9.17) is 9.47 Å². The van der Waals surface area contributed by atoms with Crippen LogP contribution in [0.15, 0.2) is 17.5 Å². The van der Waals surface area contributed by atoms with Crippen molar-refractivity contribution in [1.29, 1.82) is 0 Å². The molecule has 1 atom stereocenters. The smallest absolute Gasteiger partial charge is 0.228 e. The molecule has 3 aliphatic rings. The summed E-state index contributed by atoms with van der Waals surface area (Å²) >= 11 is 1.65. The molecule has 6 heteroatoms. The Morgan fingerprint density at radius 1 is 1.36 bits per heavy atom. The van der Waals surface area contributed by atoms with Crippen LogP contribution < -0.4 is 0 Å². The summed E-state index contributed by atoms with van der Waals surface area (Å²) in [5.74, 6) is 0.228. The molecule has 0 aliphatic carbocycles. The lowest BCUT2D eigenvalue weighted by molar-refractivity contribution is -0.157. The second-order valence-electron chi connectivity index (χ2n) is 6.51. The molecule has 3 fully saturated rings. The highest BCUT2D eigenvalue weighted by Crippen LogP contribution is 2.37. The monoisotopic (exact) mass is 322 g/mol. The van der Waals surface area contributed by atoms with Gasteiger partial charge in [-0.3, -0.25) is 9.69 Å². The zero-order valence-corrected chi connectivity index (χ0v) is 13.5. The van der Waals surface area contributed by atoms with Gasteiger partial charge in [0, 0.05) is 24.0 Å². The van der Waals surface area contributed by atoms with Gasteiger partial charge in [0.05, 0.1) is 39.3 Å². The van der Waals surface area contributed by atoms with Gasteiger partial charge in [-0.1, -0.05) is 6.07 Å². The van der Waals surface area contributed by atoms with Crippen molar-refractivity contribution in [2.24, 2.45) is 0 Å². The van der Waals surface area contributed by atoms with Gasteiger partial charge in [0.15, 0.2) is 0 Å². The van der Waals surface area contributed by atoms with Crippen LogP contribution in [0.4, 0.5) is 0 Å². The molecule has 22 heavy (non-hydrogen) atoms. The lowest BCUT2D eigenvalue weighted by atomic mass is 9.88. The van der Waals surface area contributed by atoms with E-state index in [-0.39, 0.29) is 11.5 Å². The molecule has 5 nitrogen and oxygen atoms in total. The van der Waals surface area contributed by atoms with Gasteiger partial charge in [-0.25, -0.2) is 0 Å². The van der Waals surface area contributed by atoms with Crippen molar-refractivity contribution < 1.29 is 14.3 Å². The van der Waals surface area contributed by atoms with Crippen molar-refractivity contribution in [3.05, 3.63) is 22.4 Å². The summed E-state index contributed by atoms with van der Waals surface area (Å²) in [6.07, 6.45) is 1.58. The van der Waals surface area contributed by atoms with Gasteiger partial charge in [-0.05, 0) is 17.9 Å². The Morgan fingerprint density at radius 3 is 2.91 bits per heavy atom. The Bertz CT molecular complexity index is 522. The lowest BCUT2D eigenvalue weighted by Crippen LogP contribution is -2.63. The van der Waals surface area contributed by atoms with Crippen molar-refractivity contribution in [1.82, 2.24) is 9.80 Å². The number of thiophene rings is 1. The highest BCUT2D eigenvalue weighted by atomic mass is 32.1. The second-order valence-corrected chi connectivity index (χ2v) is 7.54. The fourth-order valence-corrected chi connectivity index (χ4v) is 4.41. The van der Waals surface area contributed by atoms with Crippen LogP contribution >= 0.6 is 11.3 Å². The summed E-state index contributed by atoms with van der Waals surface area (Å²) in [5, 5.41) is 2.02. The number of amides is 1. The summed E-state index contributed by atoms with van der Waals surface area (Å²) < 4.78 is 11.5. The normalized spacial score (nSPS) is 28.0. The molecule has 0 saturated carbocycles. The molecule has 0 radical (unpaired) electrons. The molecule has 1 aromatic heterocycles. The van der Waals surface area contributed by atoms with Crippen LogP contribution in [0.5, 0.6) is 0 Å². The largest absolute Gasteiger partial charge is 0.379 e. The number of likely N-dealkylation sites (tertiary alicyclic amines) is 1. The van der Waals surface area contributed by atoms with Gasteiger partial charge in [-0.15, -0.1) is 11.3 Å². The summed E-state index contributed by atoms with van der Waals surface area (Å²) in [4.78, 5) is 17.8. The highest BCUT2D eigenvalue weighted by Gasteiger charge is 2.52. The standard InChI is InChI=1S/C16H22N2O3S/c19-15(8-14-2-1-7-22-14)18-11-16(12-18)9-13(10-21-16)17-3-5-20-6-4-17/h1-2,7,13H,3-6,8-12H2. The van der Waals surface area contributed by atoms with E-state index in [1.807, 2.05) is 22.4 Å². The van der Waals surface area contributed by atoms with Crippen molar-refractivity contribution in [3.63, 3.8) is 0 Å². The maximum Gasteiger partial charge on any atom is 0.228 e. The Hall–Kier alpha value is -0.950. The Kier molecular flexibility index (Phi) is 3.94. The quantitative estimate of drug-likeness (QED) is 0.832. The Labute approximate surface area is 134 Å². The van der Waals surface area contributed by atoms with Crippen LogP contribution in [0, 0.1) is 0 Å². The van der Waals surface area contributed by atoms with Crippen molar-refractivity contribution in [2.45, 2.75) is 24.5 Å². The first kappa shape index (κ1) is 14.6. The number of hydrogen-bond acceptors (Lipinski definition) is 5.